The van der Waals surface area contributed by atoms with E-state index in [1.807, 2.05) is 0 Å². The predicted molar refractivity (Wildman–Crippen MR) is 52.1 cm³/mol. The number of carbonyl (C=O) groups is 2. The third-order valence-corrected chi connectivity index (χ3v) is 1.84. The molecular formula is C10H11NO3Zr. The third kappa shape index (κ3) is 3.96. The first-order chi connectivity index (χ1) is 6.65. The number of phenols is 1. The van der Waals surface area contributed by atoms with Crippen LogP contribution < -0.4 is 5.73 Å². The largest absolute Gasteiger partial charge is 0.506 e. The minimum atomic E-state index is -0.149. The van der Waals surface area contributed by atoms with E-state index in [2.05, 4.69) is 0 Å². The van der Waals surface area contributed by atoms with Gasteiger partial charge in [0.25, 0.3) is 0 Å². The first-order valence-electron chi connectivity index (χ1n) is 4.20. The molecule has 1 aromatic rings. The molecule has 78 valence electrons. The average Bonchev–Trinajstić information content (AvgIpc) is 2.18. The molecule has 0 aromatic heterocycles. The number of ketones is 1. The van der Waals surface area contributed by atoms with Crippen LogP contribution in [0.2, 0.25) is 0 Å². The van der Waals surface area contributed by atoms with Crippen LogP contribution in [0.3, 0.4) is 0 Å². The van der Waals surface area contributed by atoms with Crippen molar-refractivity contribution >= 4 is 17.8 Å². The van der Waals surface area contributed by atoms with Gasteiger partial charge < -0.3 is 15.6 Å². The quantitative estimate of drug-likeness (QED) is 0.376. The van der Waals surface area contributed by atoms with Crippen LogP contribution in [0, 0.1) is 0 Å². The second-order valence-electron chi connectivity index (χ2n) is 2.90. The van der Waals surface area contributed by atoms with Crippen LogP contribution in [0.15, 0.2) is 18.2 Å². The maximum Gasteiger partial charge on any atom is 0.163 e. The second-order valence-corrected chi connectivity index (χ2v) is 2.90. The van der Waals surface area contributed by atoms with Crippen LogP contribution in [0.1, 0.15) is 23.2 Å². The van der Waals surface area contributed by atoms with Crippen LogP contribution in [0.4, 0.5) is 5.69 Å². The first-order valence-corrected chi connectivity index (χ1v) is 4.20. The summed E-state index contributed by atoms with van der Waals surface area (Å²) in [6.45, 7) is 0. The summed E-state index contributed by atoms with van der Waals surface area (Å²) in [6.07, 6.45) is 1.08. The topological polar surface area (TPSA) is 80.4 Å². The van der Waals surface area contributed by atoms with Crippen molar-refractivity contribution in [1.29, 1.82) is 0 Å². The zero-order chi connectivity index (χ0) is 10.6. The van der Waals surface area contributed by atoms with E-state index >= 15 is 0 Å². The Bertz CT molecular complexity index is 366. The van der Waals surface area contributed by atoms with E-state index < -0.39 is 0 Å². The summed E-state index contributed by atoms with van der Waals surface area (Å²) in [5.41, 5.74) is 6.00. The van der Waals surface area contributed by atoms with Crippen molar-refractivity contribution in [3.8, 4) is 5.75 Å². The summed E-state index contributed by atoms with van der Waals surface area (Å²) in [6, 6.07) is 4.25. The zero-order valence-electron chi connectivity index (χ0n) is 8.06. The minimum Gasteiger partial charge on any atom is -0.506 e. The number of hydrogen-bond acceptors (Lipinski definition) is 4. The maximum absolute atomic E-state index is 11.4. The van der Waals surface area contributed by atoms with Crippen LogP contribution in [-0.2, 0) is 31.0 Å². The van der Waals surface area contributed by atoms with E-state index in [0.717, 1.165) is 0 Å². The van der Waals surface area contributed by atoms with Crippen molar-refractivity contribution in [2.45, 2.75) is 12.8 Å². The van der Waals surface area contributed by atoms with Gasteiger partial charge in [-0.1, -0.05) is 0 Å². The van der Waals surface area contributed by atoms with Gasteiger partial charge in [-0.2, -0.15) is 0 Å². The monoisotopic (exact) mass is 283 g/mol. The normalized spacial score (nSPS) is 9.07. The smallest absolute Gasteiger partial charge is 0.163 e. The van der Waals surface area contributed by atoms with Gasteiger partial charge >= 0.3 is 0 Å². The SMILES string of the molecule is Nc1cc(C(=O)CCC=O)ccc1O.[Zr]. The van der Waals surface area contributed by atoms with Crippen molar-refractivity contribution in [2.24, 2.45) is 0 Å². The number of rotatable bonds is 4. The Morgan fingerprint density at radius 2 is 2.13 bits per heavy atom. The van der Waals surface area contributed by atoms with Crippen molar-refractivity contribution in [3.05, 3.63) is 23.8 Å². The number of aldehydes is 1. The Morgan fingerprint density at radius 3 is 2.67 bits per heavy atom. The molecule has 5 heteroatoms. The second kappa shape index (κ2) is 6.51. The fourth-order valence-corrected chi connectivity index (χ4v) is 1.06. The molecule has 0 amide bonds. The van der Waals surface area contributed by atoms with Crippen LogP contribution in [0.25, 0.3) is 0 Å². The van der Waals surface area contributed by atoms with Crippen LogP contribution >= 0.6 is 0 Å². The first kappa shape index (κ1) is 14.0. The van der Waals surface area contributed by atoms with Crippen LogP contribution in [-0.4, -0.2) is 17.2 Å². The van der Waals surface area contributed by atoms with Crippen LogP contribution in [0.5, 0.6) is 5.75 Å². The summed E-state index contributed by atoms with van der Waals surface area (Å²) in [5, 5.41) is 9.11. The Hall–Kier alpha value is -0.957. The van der Waals surface area contributed by atoms with E-state index in [9.17, 15) is 9.59 Å². The molecule has 0 saturated heterocycles. The molecule has 4 nitrogen and oxygen atoms in total. The average molecular weight is 284 g/mol. The number of aromatic hydroxyl groups is 1. The molecule has 0 aliphatic rings. The maximum atomic E-state index is 11.4. The Balaban J connectivity index is 0.00000196. The number of nitrogen functional groups attached to an aromatic ring is 1. The fraction of sp³-hybridized carbons (Fsp3) is 0.200. The molecular weight excluding hydrogens is 273 g/mol. The van der Waals surface area contributed by atoms with Gasteiger partial charge in [-0.25, -0.2) is 0 Å². The van der Waals surface area contributed by atoms with E-state index in [4.69, 9.17) is 10.8 Å². The molecule has 15 heavy (non-hydrogen) atoms. The van der Waals surface area contributed by atoms with Crippen molar-refractivity contribution in [3.63, 3.8) is 0 Å². The number of anilines is 1. The summed E-state index contributed by atoms with van der Waals surface area (Å²) in [5.74, 6) is -0.194. The van der Waals surface area contributed by atoms with Gasteiger partial charge in [0.15, 0.2) is 5.78 Å². The molecule has 0 aliphatic heterocycles. The number of benzene rings is 1. The zero-order valence-corrected chi connectivity index (χ0v) is 10.5. The van der Waals surface area contributed by atoms with E-state index in [1.54, 1.807) is 0 Å². The predicted octanol–water partition coefficient (Wildman–Crippen LogP) is 1.13. The molecule has 0 heterocycles. The molecule has 0 unspecified atom stereocenters. The van der Waals surface area contributed by atoms with Crippen molar-refractivity contribution in [1.82, 2.24) is 0 Å². The van der Waals surface area contributed by atoms with E-state index in [1.165, 1.54) is 18.2 Å². The summed E-state index contributed by atoms with van der Waals surface area (Å²) in [4.78, 5) is 21.4. The van der Waals surface area contributed by atoms with Gasteiger partial charge in [0.1, 0.15) is 12.0 Å². The van der Waals surface area contributed by atoms with E-state index in [0.29, 0.717) is 11.8 Å². The van der Waals surface area contributed by atoms with Crippen molar-refractivity contribution < 1.29 is 40.9 Å². The number of carbonyl (C=O) groups excluding carboxylic acids is 2. The Morgan fingerprint density at radius 1 is 1.47 bits per heavy atom. The van der Waals surface area contributed by atoms with Gasteiger partial charge in [-0.05, 0) is 18.2 Å². The van der Waals surface area contributed by atoms with Crippen molar-refractivity contribution in [2.75, 3.05) is 5.73 Å². The molecule has 1 rings (SSSR count). The molecule has 0 spiro atoms. The number of Topliss-reactive ketones (excluding diaryl/α,β-unsaturated/α-hetero) is 1. The number of hydrogen-bond donors (Lipinski definition) is 2. The van der Waals surface area contributed by atoms with Gasteiger partial charge in [-0.15, -0.1) is 0 Å². The summed E-state index contributed by atoms with van der Waals surface area (Å²) in [7, 11) is 0. The standard InChI is InChI=1S/C10H11NO3.Zr/c11-8-6-7(3-4-10(8)14)9(13)2-1-5-12;/h3-6,14H,1-2,11H2;. The molecule has 0 fully saturated rings. The molecule has 0 aliphatic carbocycles. The molecule has 1 aromatic carbocycles. The van der Waals surface area contributed by atoms with Gasteiger partial charge in [0, 0.05) is 44.6 Å². The fourth-order valence-electron chi connectivity index (χ4n) is 1.06. The molecule has 0 atom stereocenters. The summed E-state index contributed by atoms with van der Waals surface area (Å²) < 4.78 is 0. The number of phenolic OH excluding ortho intramolecular Hbond substituents is 1. The number of nitrogens with two attached hydrogens (primary N) is 1. The molecule has 0 saturated carbocycles. The van der Waals surface area contributed by atoms with Gasteiger partial charge in [0.2, 0.25) is 0 Å². The molecule has 0 bridgehead atoms. The Kier molecular flexibility index (Phi) is 6.10. The molecule has 3 N–H and O–H groups in total. The van der Waals surface area contributed by atoms with Gasteiger partial charge in [0.05, 0.1) is 5.69 Å². The van der Waals surface area contributed by atoms with E-state index in [-0.39, 0.29) is 56.3 Å². The molecule has 0 radical (unpaired) electrons. The minimum absolute atomic E-state index is 0. The third-order valence-electron chi connectivity index (χ3n) is 1.84. The summed E-state index contributed by atoms with van der Waals surface area (Å²) >= 11 is 0. The van der Waals surface area contributed by atoms with Gasteiger partial charge in [-0.3, -0.25) is 4.79 Å². The Labute approximate surface area is 107 Å².